The number of piperidine rings is 1. The van der Waals surface area contributed by atoms with E-state index in [2.05, 4.69) is 15.9 Å². The number of carbonyl (C=O) groups excluding carboxylic acids is 1. The molecule has 0 aromatic heterocycles. The number of rotatable bonds is 4. The third-order valence-corrected chi connectivity index (χ3v) is 6.29. The molecule has 6 nitrogen and oxygen atoms in total. The number of carboxylic acids is 1. The van der Waals surface area contributed by atoms with Crippen molar-refractivity contribution in [1.82, 2.24) is 9.80 Å². The van der Waals surface area contributed by atoms with Gasteiger partial charge >= 0.3 is 5.97 Å². The van der Waals surface area contributed by atoms with E-state index in [4.69, 9.17) is 4.74 Å². The first-order chi connectivity index (χ1) is 12.5. The van der Waals surface area contributed by atoms with Gasteiger partial charge in [0, 0.05) is 23.6 Å². The molecule has 1 N–H and O–H groups in total. The number of morpholine rings is 1. The predicted octanol–water partition coefficient (Wildman–Crippen LogP) is 2.43. The van der Waals surface area contributed by atoms with Gasteiger partial charge in [0.05, 0.1) is 12.1 Å². The summed E-state index contributed by atoms with van der Waals surface area (Å²) < 4.78 is 6.90. The van der Waals surface area contributed by atoms with Crippen LogP contribution < -0.4 is 0 Å². The summed E-state index contributed by atoms with van der Waals surface area (Å²) in [6.45, 7) is 2.12. The molecule has 1 atom stereocenters. The average molecular weight is 423 g/mol. The minimum atomic E-state index is -0.831. The van der Waals surface area contributed by atoms with E-state index in [0.29, 0.717) is 25.7 Å². The molecule has 1 saturated carbocycles. The van der Waals surface area contributed by atoms with E-state index in [9.17, 15) is 14.7 Å². The van der Waals surface area contributed by atoms with Crippen molar-refractivity contribution in [2.24, 2.45) is 0 Å². The summed E-state index contributed by atoms with van der Waals surface area (Å²) >= 11 is 3.39. The van der Waals surface area contributed by atoms with E-state index in [-0.39, 0.29) is 18.1 Å². The Kier molecular flexibility index (Phi) is 4.79. The number of aliphatic carboxylic acids is 1. The number of carboxylic acid groups (broad SMARTS) is 1. The van der Waals surface area contributed by atoms with E-state index in [1.807, 2.05) is 34.1 Å². The fourth-order valence-electron chi connectivity index (χ4n) is 4.11. The highest BCUT2D eigenvalue weighted by atomic mass is 79.9. The van der Waals surface area contributed by atoms with Crippen molar-refractivity contribution in [2.75, 3.05) is 26.2 Å². The van der Waals surface area contributed by atoms with E-state index in [1.165, 1.54) is 0 Å². The SMILES string of the molecule is O=C(O)C(c1ccc(Br)cc1)N1CCC2(CC1)CN(C1CC1)C(=O)CO2. The Bertz CT molecular complexity index is 696. The van der Waals surface area contributed by atoms with Crippen molar-refractivity contribution in [3.8, 4) is 0 Å². The van der Waals surface area contributed by atoms with Gasteiger partial charge in [-0.1, -0.05) is 28.1 Å². The largest absolute Gasteiger partial charge is 0.480 e. The number of hydrogen-bond acceptors (Lipinski definition) is 4. The minimum absolute atomic E-state index is 0.0961. The maximum Gasteiger partial charge on any atom is 0.325 e. The van der Waals surface area contributed by atoms with Gasteiger partial charge in [0.15, 0.2) is 0 Å². The summed E-state index contributed by atoms with van der Waals surface area (Å²) in [5.74, 6) is -0.735. The molecule has 1 aromatic rings. The lowest BCUT2D eigenvalue weighted by atomic mass is 9.87. The number of ether oxygens (including phenoxy) is 1. The van der Waals surface area contributed by atoms with Crippen LogP contribution >= 0.6 is 15.9 Å². The Hall–Kier alpha value is -1.44. The van der Waals surface area contributed by atoms with Crippen molar-refractivity contribution >= 4 is 27.8 Å². The molecular formula is C19H23BrN2O4. The topological polar surface area (TPSA) is 70.1 Å². The molecule has 0 bridgehead atoms. The highest BCUT2D eigenvalue weighted by Gasteiger charge is 2.47. The Morgan fingerprint density at radius 3 is 2.46 bits per heavy atom. The number of halogens is 1. The molecule has 7 heteroatoms. The second-order valence-corrected chi connectivity index (χ2v) is 8.47. The van der Waals surface area contributed by atoms with Crippen LogP contribution in [-0.2, 0) is 14.3 Å². The molecule has 1 unspecified atom stereocenters. The molecule has 1 aliphatic carbocycles. The summed E-state index contributed by atoms with van der Waals surface area (Å²) in [5, 5.41) is 9.77. The molecule has 1 spiro atoms. The van der Waals surface area contributed by atoms with Gasteiger partial charge in [-0.25, -0.2) is 0 Å². The number of hydrogen-bond donors (Lipinski definition) is 1. The molecular weight excluding hydrogens is 400 g/mol. The maximum absolute atomic E-state index is 12.1. The molecule has 3 fully saturated rings. The normalized spacial score (nSPS) is 24.7. The van der Waals surface area contributed by atoms with Gasteiger partial charge < -0.3 is 14.7 Å². The molecule has 26 heavy (non-hydrogen) atoms. The lowest BCUT2D eigenvalue weighted by Crippen LogP contribution is -2.59. The number of amides is 1. The van der Waals surface area contributed by atoms with Crippen molar-refractivity contribution in [3.05, 3.63) is 34.3 Å². The van der Waals surface area contributed by atoms with Gasteiger partial charge in [-0.2, -0.15) is 0 Å². The standard InChI is InChI=1S/C19H23BrN2O4/c20-14-3-1-13(2-4-14)17(18(24)25)21-9-7-19(8-10-21)12-22(15-5-6-15)16(23)11-26-19/h1-4,15,17H,5-12H2,(H,24,25). The molecule has 2 saturated heterocycles. The Morgan fingerprint density at radius 2 is 1.88 bits per heavy atom. The van der Waals surface area contributed by atoms with Crippen LogP contribution in [0.15, 0.2) is 28.7 Å². The quantitative estimate of drug-likeness (QED) is 0.806. The molecule has 2 aliphatic heterocycles. The van der Waals surface area contributed by atoms with Crippen LogP contribution in [0.2, 0.25) is 0 Å². The second-order valence-electron chi connectivity index (χ2n) is 7.55. The van der Waals surface area contributed by atoms with Crippen LogP contribution in [-0.4, -0.2) is 64.7 Å². The lowest BCUT2D eigenvalue weighted by Gasteiger charge is -2.48. The molecule has 0 radical (unpaired) electrons. The van der Waals surface area contributed by atoms with Gasteiger partial charge in [0.2, 0.25) is 5.91 Å². The average Bonchev–Trinajstić information content (AvgIpc) is 3.46. The van der Waals surface area contributed by atoms with Gasteiger partial charge in [0.1, 0.15) is 12.6 Å². The first-order valence-electron chi connectivity index (χ1n) is 9.13. The number of likely N-dealkylation sites (tertiary alicyclic amines) is 1. The third-order valence-electron chi connectivity index (χ3n) is 5.76. The number of nitrogens with zero attached hydrogens (tertiary/aromatic N) is 2. The van der Waals surface area contributed by atoms with Crippen LogP contribution in [0.3, 0.4) is 0 Å². The zero-order valence-corrected chi connectivity index (χ0v) is 16.2. The molecule has 1 aromatic carbocycles. The predicted molar refractivity (Wildman–Crippen MR) is 98.7 cm³/mol. The fraction of sp³-hybridized carbons (Fsp3) is 0.579. The first-order valence-corrected chi connectivity index (χ1v) is 9.92. The molecule has 4 rings (SSSR count). The number of benzene rings is 1. The highest BCUT2D eigenvalue weighted by Crippen LogP contribution is 2.38. The summed E-state index contributed by atoms with van der Waals surface area (Å²) in [6, 6.07) is 7.22. The van der Waals surface area contributed by atoms with Crippen LogP contribution in [0.1, 0.15) is 37.3 Å². The van der Waals surface area contributed by atoms with E-state index >= 15 is 0 Å². The summed E-state index contributed by atoms with van der Waals surface area (Å²) in [4.78, 5) is 28.0. The Balaban J connectivity index is 1.45. The number of carbonyl (C=O) groups is 2. The van der Waals surface area contributed by atoms with Crippen molar-refractivity contribution in [2.45, 2.75) is 43.4 Å². The van der Waals surface area contributed by atoms with E-state index < -0.39 is 12.0 Å². The second kappa shape index (κ2) is 6.94. The van der Waals surface area contributed by atoms with E-state index in [0.717, 1.165) is 35.7 Å². The van der Waals surface area contributed by atoms with E-state index in [1.54, 1.807) is 0 Å². The van der Waals surface area contributed by atoms with Gasteiger partial charge in [-0.05, 0) is 43.4 Å². The van der Waals surface area contributed by atoms with Crippen molar-refractivity contribution in [1.29, 1.82) is 0 Å². The van der Waals surface area contributed by atoms with Crippen LogP contribution in [0.25, 0.3) is 0 Å². The molecule has 3 aliphatic rings. The maximum atomic E-state index is 12.1. The fourth-order valence-corrected chi connectivity index (χ4v) is 4.37. The third kappa shape index (κ3) is 3.52. The smallest absolute Gasteiger partial charge is 0.325 e. The summed E-state index contributed by atoms with van der Waals surface area (Å²) in [7, 11) is 0. The minimum Gasteiger partial charge on any atom is -0.480 e. The zero-order chi connectivity index (χ0) is 18.3. The van der Waals surface area contributed by atoms with Crippen molar-refractivity contribution in [3.63, 3.8) is 0 Å². The highest BCUT2D eigenvalue weighted by molar-refractivity contribution is 9.10. The first kappa shape index (κ1) is 17.9. The van der Waals surface area contributed by atoms with Gasteiger partial charge in [-0.15, -0.1) is 0 Å². The van der Waals surface area contributed by atoms with Crippen LogP contribution in [0.5, 0.6) is 0 Å². The Labute approximate surface area is 161 Å². The zero-order valence-electron chi connectivity index (χ0n) is 14.6. The monoisotopic (exact) mass is 422 g/mol. The van der Waals surface area contributed by atoms with Gasteiger partial charge in [-0.3, -0.25) is 14.5 Å². The van der Waals surface area contributed by atoms with Crippen LogP contribution in [0.4, 0.5) is 0 Å². The van der Waals surface area contributed by atoms with Crippen LogP contribution in [0, 0.1) is 0 Å². The summed E-state index contributed by atoms with van der Waals surface area (Å²) in [6.07, 6.45) is 3.70. The van der Waals surface area contributed by atoms with Crippen molar-refractivity contribution < 1.29 is 19.4 Å². The molecule has 140 valence electrons. The molecule has 2 heterocycles. The van der Waals surface area contributed by atoms with Gasteiger partial charge in [0.25, 0.3) is 0 Å². The molecule has 1 amide bonds. The Morgan fingerprint density at radius 1 is 1.23 bits per heavy atom. The summed E-state index contributed by atoms with van der Waals surface area (Å²) in [5.41, 5.74) is 0.478. The lowest BCUT2D eigenvalue weighted by molar-refractivity contribution is -0.174.